The first-order valence-electron chi connectivity index (χ1n) is 5.56. The molecule has 2 N–H and O–H groups in total. The van der Waals surface area contributed by atoms with Crippen molar-refractivity contribution in [3.8, 4) is 16.2 Å². The number of hydrogen-bond acceptors (Lipinski definition) is 6. The van der Waals surface area contributed by atoms with Gasteiger partial charge < -0.3 is 15.2 Å². The highest BCUT2D eigenvalue weighted by atomic mass is 32.1. The number of nitrogen functional groups attached to an aromatic ring is 1. The molecule has 19 heavy (non-hydrogen) atoms. The number of thiazole rings is 1. The van der Waals surface area contributed by atoms with Gasteiger partial charge >= 0.3 is 5.97 Å². The Morgan fingerprint density at radius 3 is 2.68 bits per heavy atom. The lowest BCUT2D eigenvalue weighted by Gasteiger charge is -2.06. The Labute approximate surface area is 115 Å². The zero-order chi connectivity index (χ0) is 14.0. The number of rotatable bonds is 3. The molecule has 0 amide bonds. The molecule has 1 aromatic carbocycles. The number of ether oxygens (including phenoxy) is 2. The largest absolute Gasteiger partial charge is 0.496 e. The molecule has 1 heterocycles. The van der Waals surface area contributed by atoms with Crippen molar-refractivity contribution >= 4 is 22.4 Å². The van der Waals surface area contributed by atoms with Gasteiger partial charge in [-0.25, -0.2) is 9.78 Å². The van der Waals surface area contributed by atoms with Crippen LogP contribution in [0.5, 0.6) is 5.75 Å². The maximum Gasteiger partial charge on any atom is 0.358 e. The number of hydrogen-bond donors (Lipinski definition) is 1. The van der Waals surface area contributed by atoms with Crippen LogP contribution >= 0.6 is 11.3 Å². The van der Waals surface area contributed by atoms with Gasteiger partial charge in [0.15, 0.2) is 10.8 Å². The molecule has 0 aliphatic carbocycles. The lowest BCUT2D eigenvalue weighted by atomic mass is 10.1. The quantitative estimate of drug-likeness (QED) is 0.873. The number of carbonyl (C=O) groups is 1. The Morgan fingerprint density at radius 2 is 2.11 bits per heavy atom. The third kappa shape index (κ3) is 2.53. The summed E-state index contributed by atoms with van der Waals surface area (Å²) in [6.45, 7) is 1.94. The first-order valence-corrected chi connectivity index (χ1v) is 6.38. The molecule has 2 aromatic rings. The van der Waals surface area contributed by atoms with Crippen molar-refractivity contribution in [3.63, 3.8) is 0 Å². The van der Waals surface area contributed by atoms with Crippen molar-refractivity contribution in [2.24, 2.45) is 0 Å². The molecule has 1 aromatic heterocycles. The topological polar surface area (TPSA) is 74.4 Å². The van der Waals surface area contributed by atoms with Crippen LogP contribution in [0.15, 0.2) is 18.2 Å². The summed E-state index contributed by atoms with van der Waals surface area (Å²) in [6.07, 6.45) is 0. The van der Waals surface area contributed by atoms with Crippen LogP contribution in [0.2, 0.25) is 0 Å². The van der Waals surface area contributed by atoms with E-state index < -0.39 is 5.97 Å². The van der Waals surface area contributed by atoms with Gasteiger partial charge in [-0.3, -0.25) is 0 Å². The van der Waals surface area contributed by atoms with Crippen LogP contribution in [0.1, 0.15) is 16.1 Å². The van der Waals surface area contributed by atoms with Crippen molar-refractivity contribution < 1.29 is 14.3 Å². The van der Waals surface area contributed by atoms with E-state index >= 15 is 0 Å². The summed E-state index contributed by atoms with van der Waals surface area (Å²) in [5.74, 6) is 0.303. The lowest BCUT2D eigenvalue weighted by Crippen LogP contribution is -2.03. The van der Waals surface area contributed by atoms with Crippen molar-refractivity contribution in [3.05, 3.63) is 29.5 Å². The minimum absolute atomic E-state index is 0.245. The van der Waals surface area contributed by atoms with Crippen LogP contribution in [0, 0.1) is 6.92 Å². The van der Waals surface area contributed by atoms with Gasteiger partial charge in [0.2, 0.25) is 0 Å². The highest BCUT2D eigenvalue weighted by molar-refractivity contribution is 7.19. The molecule has 0 aliphatic heterocycles. The Kier molecular flexibility index (Phi) is 3.71. The summed E-state index contributed by atoms with van der Waals surface area (Å²) >= 11 is 1.26. The van der Waals surface area contributed by atoms with Crippen molar-refractivity contribution in [2.75, 3.05) is 20.0 Å². The SMILES string of the molecule is COC(=O)c1nc(N)sc1-c1ccc(OC)c(C)c1. The van der Waals surface area contributed by atoms with Crippen LogP contribution in [0.3, 0.4) is 0 Å². The Morgan fingerprint density at radius 1 is 1.37 bits per heavy atom. The second-order valence-electron chi connectivity index (χ2n) is 3.91. The van der Waals surface area contributed by atoms with Crippen molar-refractivity contribution in [1.82, 2.24) is 4.98 Å². The summed E-state index contributed by atoms with van der Waals surface area (Å²) in [4.78, 5) is 16.4. The summed E-state index contributed by atoms with van der Waals surface area (Å²) < 4.78 is 9.92. The number of nitrogens with two attached hydrogens (primary N) is 1. The number of esters is 1. The van der Waals surface area contributed by atoms with E-state index in [1.807, 2.05) is 25.1 Å². The van der Waals surface area contributed by atoms with Gasteiger partial charge in [0.05, 0.1) is 19.1 Å². The van der Waals surface area contributed by atoms with Crippen molar-refractivity contribution in [2.45, 2.75) is 6.92 Å². The number of aromatic nitrogens is 1. The minimum Gasteiger partial charge on any atom is -0.496 e. The van der Waals surface area contributed by atoms with Gasteiger partial charge in [-0.05, 0) is 36.2 Å². The molecule has 0 aliphatic rings. The molecule has 0 saturated carbocycles. The average Bonchev–Trinajstić information content (AvgIpc) is 2.79. The molecule has 5 nitrogen and oxygen atoms in total. The second-order valence-corrected chi connectivity index (χ2v) is 4.94. The molecule has 0 bridgehead atoms. The summed E-state index contributed by atoms with van der Waals surface area (Å²) in [5.41, 5.74) is 7.77. The smallest absolute Gasteiger partial charge is 0.358 e. The highest BCUT2D eigenvalue weighted by Gasteiger charge is 2.19. The van der Waals surface area contributed by atoms with Gasteiger partial charge in [-0.15, -0.1) is 0 Å². The van der Waals surface area contributed by atoms with E-state index in [4.69, 9.17) is 15.2 Å². The van der Waals surface area contributed by atoms with E-state index in [9.17, 15) is 4.79 Å². The predicted octanol–water partition coefficient (Wildman–Crippen LogP) is 2.50. The maximum atomic E-state index is 11.7. The first kappa shape index (κ1) is 13.4. The summed E-state index contributed by atoms with van der Waals surface area (Å²) in [6, 6.07) is 5.64. The molecule has 0 saturated heterocycles. The van der Waals surface area contributed by atoms with Crippen molar-refractivity contribution in [1.29, 1.82) is 0 Å². The van der Waals surface area contributed by atoms with E-state index in [0.717, 1.165) is 16.9 Å². The molecule has 0 atom stereocenters. The lowest BCUT2D eigenvalue weighted by molar-refractivity contribution is 0.0596. The Bertz CT molecular complexity index is 622. The summed E-state index contributed by atoms with van der Waals surface area (Å²) in [7, 11) is 2.94. The average molecular weight is 278 g/mol. The molecule has 0 unspecified atom stereocenters. The third-order valence-corrected chi connectivity index (χ3v) is 3.61. The van der Waals surface area contributed by atoms with E-state index in [2.05, 4.69) is 4.98 Å². The van der Waals surface area contributed by atoms with Crippen LogP contribution in [-0.2, 0) is 4.74 Å². The fourth-order valence-electron chi connectivity index (χ4n) is 1.79. The predicted molar refractivity (Wildman–Crippen MR) is 74.6 cm³/mol. The van der Waals surface area contributed by atoms with Gasteiger partial charge in [-0.1, -0.05) is 11.3 Å². The number of anilines is 1. The third-order valence-electron chi connectivity index (χ3n) is 2.68. The number of benzene rings is 1. The van der Waals surface area contributed by atoms with Gasteiger partial charge in [-0.2, -0.15) is 0 Å². The van der Waals surface area contributed by atoms with Gasteiger partial charge in [0, 0.05) is 0 Å². The minimum atomic E-state index is -0.489. The highest BCUT2D eigenvalue weighted by Crippen LogP contribution is 2.34. The Hall–Kier alpha value is -2.08. The van der Waals surface area contributed by atoms with Crippen LogP contribution in [-0.4, -0.2) is 25.2 Å². The first-order chi connectivity index (χ1) is 9.06. The Balaban J connectivity index is 2.52. The molecule has 0 spiro atoms. The second kappa shape index (κ2) is 5.27. The van der Waals surface area contributed by atoms with E-state index in [1.54, 1.807) is 7.11 Å². The van der Waals surface area contributed by atoms with Crippen LogP contribution in [0.25, 0.3) is 10.4 Å². The fourth-order valence-corrected chi connectivity index (χ4v) is 2.60. The standard InChI is InChI=1S/C13H14N2O3S/c1-7-6-8(4-5-9(7)17-2)11-10(12(16)18-3)15-13(14)19-11/h4-6H,1-3H3,(H2,14,15). The fraction of sp³-hybridized carbons (Fsp3) is 0.231. The van der Waals surface area contributed by atoms with Crippen LogP contribution in [0.4, 0.5) is 5.13 Å². The zero-order valence-corrected chi connectivity index (χ0v) is 11.7. The van der Waals surface area contributed by atoms with Crippen LogP contribution < -0.4 is 10.5 Å². The normalized spacial score (nSPS) is 10.3. The molecule has 100 valence electrons. The number of methoxy groups -OCH3 is 2. The molecule has 2 rings (SSSR count). The van der Waals surface area contributed by atoms with E-state index in [0.29, 0.717) is 10.0 Å². The molecular formula is C13H14N2O3S. The number of carbonyl (C=O) groups excluding carboxylic acids is 1. The van der Waals surface area contributed by atoms with Gasteiger partial charge in [0.25, 0.3) is 0 Å². The monoisotopic (exact) mass is 278 g/mol. The zero-order valence-electron chi connectivity index (χ0n) is 10.9. The summed E-state index contributed by atoms with van der Waals surface area (Å²) in [5, 5.41) is 0.337. The molecule has 0 fully saturated rings. The number of aryl methyl sites for hydroxylation is 1. The van der Waals surface area contributed by atoms with E-state index in [-0.39, 0.29) is 5.69 Å². The molecule has 0 radical (unpaired) electrons. The number of nitrogens with zero attached hydrogens (tertiary/aromatic N) is 1. The molecular weight excluding hydrogens is 264 g/mol. The van der Waals surface area contributed by atoms with Gasteiger partial charge in [0.1, 0.15) is 5.75 Å². The maximum absolute atomic E-state index is 11.7. The molecule has 6 heteroatoms. The van der Waals surface area contributed by atoms with E-state index in [1.165, 1.54) is 18.4 Å².